The molecule has 4 nitrogen and oxygen atoms in total. The van der Waals surface area contributed by atoms with Crippen molar-refractivity contribution in [3.05, 3.63) is 14.7 Å². The van der Waals surface area contributed by atoms with Gasteiger partial charge in [0.15, 0.2) is 0 Å². The molecule has 0 spiro atoms. The molecular formula is C12H19BrN2O2S2. The first-order valence-corrected chi connectivity index (χ1v) is 9.55. The topological polar surface area (TPSA) is 58.2 Å². The Labute approximate surface area is 127 Å². The van der Waals surface area contributed by atoms with Gasteiger partial charge in [0.05, 0.1) is 3.79 Å². The summed E-state index contributed by atoms with van der Waals surface area (Å²) in [6.07, 6.45) is 3.23. The first-order chi connectivity index (χ1) is 8.92. The molecule has 0 saturated heterocycles. The zero-order valence-electron chi connectivity index (χ0n) is 11.1. The molecule has 1 aliphatic carbocycles. The van der Waals surface area contributed by atoms with Crippen molar-refractivity contribution in [3.63, 3.8) is 0 Å². The Morgan fingerprint density at radius 1 is 1.53 bits per heavy atom. The SMILES string of the molecule is CCC(C)NS(=O)(=O)c1cc(CNC2CC2)sc1Br. The standard InChI is InChI=1S/C12H19BrN2O2S2/c1-3-8(2)15-19(16,17)11-6-10(18-12(11)13)7-14-9-4-5-9/h6,8-9,14-15H,3-5,7H2,1-2H3. The summed E-state index contributed by atoms with van der Waals surface area (Å²) in [5, 5.41) is 3.39. The van der Waals surface area contributed by atoms with Crippen molar-refractivity contribution in [3.8, 4) is 0 Å². The van der Waals surface area contributed by atoms with Crippen LogP contribution in [0.2, 0.25) is 0 Å². The molecule has 1 fully saturated rings. The Kier molecular flexibility index (Phi) is 5.05. The molecule has 19 heavy (non-hydrogen) atoms. The van der Waals surface area contributed by atoms with Crippen LogP contribution in [0.4, 0.5) is 0 Å². The maximum atomic E-state index is 12.2. The highest BCUT2D eigenvalue weighted by Gasteiger charge is 2.24. The third kappa shape index (κ3) is 4.26. The predicted octanol–water partition coefficient (Wildman–Crippen LogP) is 2.84. The van der Waals surface area contributed by atoms with Gasteiger partial charge in [-0.05, 0) is 48.2 Å². The van der Waals surface area contributed by atoms with Crippen LogP contribution in [-0.2, 0) is 16.6 Å². The molecule has 2 rings (SSSR count). The molecule has 7 heteroatoms. The summed E-state index contributed by atoms with van der Waals surface area (Å²) in [6.45, 7) is 4.57. The minimum absolute atomic E-state index is 0.0511. The highest BCUT2D eigenvalue weighted by Crippen LogP contribution is 2.32. The lowest BCUT2D eigenvalue weighted by Gasteiger charge is -2.11. The molecule has 1 aromatic rings. The molecule has 1 unspecified atom stereocenters. The van der Waals surface area contributed by atoms with Crippen molar-refractivity contribution in [2.24, 2.45) is 0 Å². The summed E-state index contributed by atoms with van der Waals surface area (Å²) in [7, 11) is -3.42. The lowest BCUT2D eigenvalue weighted by Crippen LogP contribution is -2.31. The van der Waals surface area contributed by atoms with E-state index in [-0.39, 0.29) is 6.04 Å². The molecule has 1 aliphatic rings. The van der Waals surface area contributed by atoms with Gasteiger partial charge in [-0.2, -0.15) is 0 Å². The van der Waals surface area contributed by atoms with E-state index < -0.39 is 10.0 Å². The van der Waals surface area contributed by atoms with Crippen molar-refractivity contribution in [1.29, 1.82) is 0 Å². The molecular weight excluding hydrogens is 348 g/mol. The molecule has 0 radical (unpaired) electrons. The normalized spacial score (nSPS) is 17.6. The van der Waals surface area contributed by atoms with Crippen LogP contribution in [0.1, 0.15) is 38.0 Å². The van der Waals surface area contributed by atoms with Gasteiger partial charge in [-0.25, -0.2) is 13.1 Å². The fraction of sp³-hybridized carbons (Fsp3) is 0.667. The molecule has 0 aliphatic heterocycles. The minimum atomic E-state index is -3.42. The van der Waals surface area contributed by atoms with Crippen LogP contribution in [0.25, 0.3) is 0 Å². The summed E-state index contributed by atoms with van der Waals surface area (Å²) in [5.41, 5.74) is 0. The number of halogens is 1. The van der Waals surface area contributed by atoms with E-state index in [4.69, 9.17) is 0 Å². The molecule has 0 bridgehead atoms. The summed E-state index contributed by atoms with van der Waals surface area (Å²) in [6, 6.07) is 2.33. The van der Waals surface area contributed by atoms with E-state index in [0.29, 0.717) is 14.7 Å². The minimum Gasteiger partial charge on any atom is -0.309 e. The van der Waals surface area contributed by atoms with E-state index in [2.05, 4.69) is 26.0 Å². The van der Waals surface area contributed by atoms with Crippen molar-refractivity contribution < 1.29 is 8.42 Å². The van der Waals surface area contributed by atoms with E-state index in [9.17, 15) is 8.42 Å². The third-order valence-electron chi connectivity index (χ3n) is 3.11. The Bertz CT molecular complexity index is 538. The first-order valence-electron chi connectivity index (χ1n) is 6.46. The number of hydrogen-bond acceptors (Lipinski definition) is 4. The Hall–Kier alpha value is 0.0500. The number of sulfonamides is 1. The zero-order chi connectivity index (χ0) is 14.0. The van der Waals surface area contributed by atoms with Crippen molar-refractivity contribution in [2.75, 3.05) is 0 Å². The lowest BCUT2D eigenvalue weighted by atomic mass is 10.3. The van der Waals surface area contributed by atoms with Gasteiger partial charge in [-0.1, -0.05) is 6.92 Å². The summed E-state index contributed by atoms with van der Waals surface area (Å²) in [4.78, 5) is 1.40. The van der Waals surface area contributed by atoms with E-state index in [1.165, 1.54) is 24.2 Å². The van der Waals surface area contributed by atoms with Gasteiger partial charge in [0.2, 0.25) is 10.0 Å². The largest absolute Gasteiger partial charge is 0.309 e. The zero-order valence-corrected chi connectivity index (χ0v) is 14.3. The molecule has 1 atom stereocenters. The molecule has 0 amide bonds. The van der Waals surface area contributed by atoms with Crippen LogP contribution in [0.3, 0.4) is 0 Å². The number of thiophene rings is 1. The fourth-order valence-electron chi connectivity index (χ4n) is 1.61. The van der Waals surface area contributed by atoms with Crippen LogP contribution in [0.5, 0.6) is 0 Å². The maximum Gasteiger partial charge on any atom is 0.242 e. The van der Waals surface area contributed by atoms with Gasteiger partial charge in [-0.15, -0.1) is 11.3 Å². The van der Waals surface area contributed by atoms with E-state index in [0.717, 1.165) is 17.8 Å². The van der Waals surface area contributed by atoms with Crippen LogP contribution >= 0.6 is 27.3 Å². The molecule has 1 heterocycles. The van der Waals surface area contributed by atoms with Crippen LogP contribution in [-0.4, -0.2) is 20.5 Å². The van der Waals surface area contributed by atoms with Crippen LogP contribution < -0.4 is 10.0 Å². The van der Waals surface area contributed by atoms with Gasteiger partial charge >= 0.3 is 0 Å². The molecule has 2 N–H and O–H groups in total. The smallest absolute Gasteiger partial charge is 0.242 e. The second kappa shape index (κ2) is 6.22. The average molecular weight is 367 g/mol. The van der Waals surface area contributed by atoms with Gasteiger partial charge in [-0.3, -0.25) is 0 Å². The third-order valence-corrected chi connectivity index (χ3v) is 6.95. The lowest BCUT2D eigenvalue weighted by molar-refractivity contribution is 0.555. The highest BCUT2D eigenvalue weighted by molar-refractivity contribution is 9.11. The van der Waals surface area contributed by atoms with E-state index >= 15 is 0 Å². The Morgan fingerprint density at radius 3 is 2.79 bits per heavy atom. The van der Waals surface area contributed by atoms with Crippen LogP contribution in [0, 0.1) is 0 Å². The van der Waals surface area contributed by atoms with E-state index in [1.807, 2.05) is 13.8 Å². The predicted molar refractivity (Wildman–Crippen MR) is 82.0 cm³/mol. The number of hydrogen-bond donors (Lipinski definition) is 2. The first kappa shape index (κ1) is 15.4. The second-order valence-electron chi connectivity index (χ2n) is 4.94. The van der Waals surface area contributed by atoms with Crippen molar-refractivity contribution >= 4 is 37.3 Å². The summed E-state index contributed by atoms with van der Waals surface area (Å²) in [5.74, 6) is 0. The molecule has 1 aromatic heterocycles. The number of nitrogens with one attached hydrogen (secondary N) is 2. The van der Waals surface area contributed by atoms with E-state index in [1.54, 1.807) is 6.07 Å². The monoisotopic (exact) mass is 366 g/mol. The maximum absolute atomic E-state index is 12.2. The summed E-state index contributed by atoms with van der Waals surface area (Å²) >= 11 is 4.84. The Morgan fingerprint density at radius 2 is 2.21 bits per heavy atom. The van der Waals surface area contributed by atoms with Gasteiger partial charge in [0, 0.05) is 23.5 Å². The highest BCUT2D eigenvalue weighted by atomic mass is 79.9. The van der Waals surface area contributed by atoms with Crippen molar-refractivity contribution in [1.82, 2.24) is 10.0 Å². The van der Waals surface area contributed by atoms with Gasteiger partial charge < -0.3 is 5.32 Å². The Balaban J connectivity index is 2.09. The van der Waals surface area contributed by atoms with Gasteiger partial charge in [0.25, 0.3) is 0 Å². The fourth-order valence-corrected chi connectivity index (χ4v) is 5.57. The van der Waals surface area contributed by atoms with Crippen LogP contribution in [0.15, 0.2) is 14.7 Å². The average Bonchev–Trinajstić information content (AvgIpc) is 3.08. The molecule has 1 saturated carbocycles. The quantitative estimate of drug-likeness (QED) is 0.779. The van der Waals surface area contributed by atoms with Gasteiger partial charge in [0.1, 0.15) is 4.90 Å². The second-order valence-corrected chi connectivity index (χ2v) is 9.07. The number of rotatable bonds is 7. The van der Waals surface area contributed by atoms with Crippen molar-refractivity contribution in [2.45, 2.75) is 56.6 Å². The molecule has 108 valence electrons. The molecule has 0 aromatic carbocycles. The summed E-state index contributed by atoms with van der Waals surface area (Å²) < 4.78 is 27.8.